The maximum absolute atomic E-state index is 12.4. The molecule has 0 saturated heterocycles. The van der Waals surface area contributed by atoms with Gasteiger partial charge in [0.05, 0.1) is 16.3 Å². The first-order valence-corrected chi connectivity index (χ1v) is 7.15. The third-order valence-corrected chi connectivity index (χ3v) is 3.82. The Kier molecular flexibility index (Phi) is 3.89. The summed E-state index contributed by atoms with van der Waals surface area (Å²) in [5.74, 6) is 0.889. The summed E-state index contributed by atoms with van der Waals surface area (Å²) in [6.07, 6.45) is 1.33. The molecule has 0 radical (unpaired) electrons. The highest BCUT2D eigenvalue weighted by Gasteiger charge is 2.11. The second-order valence-corrected chi connectivity index (χ2v) is 5.45. The van der Waals surface area contributed by atoms with Gasteiger partial charge in [0.15, 0.2) is 11.4 Å². The summed E-state index contributed by atoms with van der Waals surface area (Å²) in [5, 5.41) is 4.21. The fraction of sp³-hybridized carbons (Fsp3) is 0.250. The molecule has 0 aliphatic rings. The molecule has 0 amide bonds. The molecule has 2 heterocycles. The Morgan fingerprint density at radius 3 is 3.14 bits per heavy atom. The number of benzene rings is 1. The smallest absolute Gasteiger partial charge is 0.396 e. The van der Waals surface area contributed by atoms with Crippen molar-refractivity contribution in [3.05, 3.63) is 39.0 Å². The van der Waals surface area contributed by atoms with Crippen molar-refractivity contribution >= 4 is 33.2 Å². The lowest BCUT2D eigenvalue weighted by molar-refractivity contribution is 0.283. The minimum absolute atomic E-state index is 0.0952. The first-order chi connectivity index (χ1) is 10.2. The van der Waals surface area contributed by atoms with Gasteiger partial charge in [-0.3, -0.25) is 0 Å². The van der Waals surface area contributed by atoms with Crippen molar-refractivity contribution in [3.63, 3.8) is 0 Å². The van der Waals surface area contributed by atoms with Gasteiger partial charge in [0, 0.05) is 12.1 Å². The van der Waals surface area contributed by atoms with Crippen LogP contribution in [0.15, 0.2) is 27.7 Å². The molecule has 0 fully saturated rings. The van der Waals surface area contributed by atoms with Crippen LogP contribution in [0, 0.1) is 0 Å². The molecule has 0 aliphatic carbocycles. The van der Waals surface area contributed by atoms with Crippen molar-refractivity contribution in [2.24, 2.45) is 0 Å². The van der Waals surface area contributed by atoms with E-state index >= 15 is 0 Å². The zero-order valence-corrected chi connectivity index (χ0v) is 12.2. The Balaban J connectivity index is 1.82. The van der Waals surface area contributed by atoms with E-state index in [0.29, 0.717) is 26.9 Å². The number of halogens is 2. The van der Waals surface area contributed by atoms with Gasteiger partial charge in [-0.05, 0) is 0 Å². The number of aromatic nitrogens is 3. The maximum atomic E-state index is 12.4. The average Bonchev–Trinajstić information content (AvgIpc) is 3.02. The Morgan fingerprint density at radius 1 is 1.48 bits per heavy atom. The number of ether oxygens (including phenoxy) is 1. The maximum Gasteiger partial charge on any atom is 0.396 e. The number of hydrogen-bond donors (Lipinski definition) is 0. The third-order valence-electron chi connectivity index (χ3n) is 2.73. The van der Waals surface area contributed by atoms with Crippen molar-refractivity contribution in [2.45, 2.75) is 13.2 Å². The molecule has 2 aromatic heterocycles. The van der Waals surface area contributed by atoms with Crippen molar-refractivity contribution in [1.29, 1.82) is 0 Å². The van der Waals surface area contributed by atoms with Gasteiger partial charge in [-0.25, -0.2) is 18.9 Å². The largest absolute Gasteiger partial charge is 0.484 e. The molecule has 9 heteroatoms. The molecular weight excluding hydrogens is 321 g/mol. The number of nitrogens with zero attached hydrogens (tertiary/aromatic N) is 3. The predicted molar refractivity (Wildman–Crippen MR) is 75.7 cm³/mol. The zero-order chi connectivity index (χ0) is 14.8. The average molecular weight is 330 g/mol. The summed E-state index contributed by atoms with van der Waals surface area (Å²) >= 11 is 7.03. The van der Waals surface area contributed by atoms with Crippen molar-refractivity contribution < 1.29 is 13.5 Å². The fourth-order valence-corrected chi connectivity index (χ4v) is 2.68. The fourth-order valence-electron chi connectivity index (χ4n) is 1.80. The lowest BCUT2D eigenvalue weighted by Crippen LogP contribution is -2.10. The summed E-state index contributed by atoms with van der Waals surface area (Å²) < 4.78 is 24.9. The topological polar surface area (TPSA) is 70.2 Å². The Bertz CT molecular complexity index is 829. The van der Waals surface area contributed by atoms with E-state index in [-0.39, 0.29) is 13.2 Å². The van der Waals surface area contributed by atoms with E-state index in [2.05, 4.69) is 10.1 Å². The molecule has 0 bridgehead atoms. The highest BCUT2D eigenvalue weighted by Crippen LogP contribution is 2.31. The van der Waals surface area contributed by atoms with Crippen molar-refractivity contribution in [1.82, 2.24) is 14.8 Å². The Labute approximate surface area is 126 Å². The molecule has 1 aromatic carbocycles. The number of fused-ring (bicyclic) bond motifs is 1. The predicted octanol–water partition coefficient (Wildman–Crippen LogP) is 2.65. The molecule has 0 atom stereocenters. The van der Waals surface area contributed by atoms with E-state index in [0.717, 1.165) is 11.3 Å². The number of alkyl halides is 1. The van der Waals surface area contributed by atoms with Gasteiger partial charge in [-0.15, -0.1) is 0 Å². The second kappa shape index (κ2) is 5.82. The van der Waals surface area contributed by atoms with E-state index in [1.807, 2.05) is 0 Å². The van der Waals surface area contributed by atoms with Gasteiger partial charge >= 0.3 is 4.94 Å². The first kappa shape index (κ1) is 14.0. The molecule has 0 spiro atoms. The molecule has 3 rings (SSSR count). The van der Waals surface area contributed by atoms with E-state index in [1.54, 1.807) is 6.07 Å². The Morgan fingerprint density at radius 2 is 2.33 bits per heavy atom. The second-order valence-electron chi connectivity index (χ2n) is 4.06. The van der Waals surface area contributed by atoms with Crippen LogP contribution < -0.4 is 9.68 Å². The van der Waals surface area contributed by atoms with Crippen LogP contribution >= 0.6 is 22.9 Å². The van der Waals surface area contributed by atoms with Crippen LogP contribution in [-0.4, -0.2) is 21.4 Å². The number of rotatable bonds is 5. The third kappa shape index (κ3) is 2.91. The van der Waals surface area contributed by atoms with Gasteiger partial charge < -0.3 is 9.15 Å². The normalized spacial score (nSPS) is 11.1. The van der Waals surface area contributed by atoms with Crippen molar-refractivity contribution in [3.8, 4) is 5.75 Å². The van der Waals surface area contributed by atoms with Crippen LogP contribution in [0.5, 0.6) is 5.75 Å². The van der Waals surface area contributed by atoms with Crippen LogP contribution in [0.4, 0.5) is 4.39 Å². The molecule has 0 N–H and O–H groups in total. The van der Waals surface area contributed by atoms with Crippen LogP contribution in [0.3, 0.4) is 0 Å². The van der Waals surface area contributed by atoms with Gasteiger partial charge in [-0.2, -0.15) is 5.10 Å². The zero-order valence-electron chi connectivity index (χ0n) is 10.6. The van der Waals surface area contributed by atoms with Gasteiger partial charge in [-0.1, -0.05) is 22.9 Å². The lowest BCUT2D eigenvalue weighted by atomic mass is 10.3. The number of hydrogen-bond acceptors (Lipinski definition) is 6. The van der Waals surface area contributed by atoms with Crippen LogP contribution in [0.25, 0.3) is 10.3 Å². The van der Waals surface area contributed by atoms with Crippen LogP contribution in [0.2, 0.25) is 5.02 Å². The van der Waals surface area contributed by atoms with Gasteiger partial charge in [0.2, 0.25) is 0 Å². The number of aryl methyl sites for hydroxylation is 1. The monoisotopic (exact) mass is 329 g/mol. The van der Waals surface area contributed by atoms with E-state index in [1.165, 1.54) is 17.1 Å². The molecule has 110 valence electrons. The quantitative estimate of drug-likeness (QED) is 0.719. The molecule has 0 saturated carbocycles. The van der Waals surface area contributed by atoms with Gasteiger partial charge in [0.25, 0.3) is 0 Å². The molecule has 6 nitrogen and oxygen atoms in total. The van der Waals surface area contributed by atoms with E-state index < -0.39 is 11.6 Å². The minimum Gasteiger partial charge on any atom is -0.484 e. The van der Waals surface area contributed by atoms with Crippen LogP contribution in [0.1, 0.15) is 5.82 Å². The summed E-state index contributed by atoms with van der Waals surface area (Å²) in [6.45, 7) is -0.321. The van der Waals surface area contributed by atoms with Crippen LogP contribution in [-0.2, 0) is 13.2 Å². The summed E-state index contributed by atoms with van der Waals surface area (Å²) in [6, 6.07) is 3.15. The van der Waals surface area contributed by atoms with E-state index in [4.69, 9.17) is 20.8 Å². The molecule has 21 heavy (non-hydrogen) atoms. The Hall–Kier alpha value is -1.93. The SMILES string of the molecule is O=c1oc2cc(Cl)c(OCc3ncnn3CCF)cc2s1. The molecule has 0 unspecified atom stereocenters. The highest BCUT2D eigenvalue weighted by atomic mass is 35.5. The standard InChI is InChI=1S/C12H9ClFN3O3S/c13-7-3-9-10(21-12(18)20-9)4-8(7)19-5-11-15-6-16-17(11)2-1-14/h3-4,6H,1-2,5H2. The molecular formula is C12H9ClFN3O3S. The first-order valence-electron chi connectivity index (χ1n) is 5.96. The summed E-state index contributed by atoms with van der Waals surface area (Å²) in [4.78, 5) is 14.8. The summed E-state index contributed by atoms with van der Waals surface area (Å²) in [7, 11) is 0. The minimum atomic E-state index is -0.536. The lowest BCUT2D eigenvalue weighted by Gasteiger charge is -2.08. The highest BCUT2D eigenvalue weighted by molar-refractivity contribution is 7.16. The molecule has 0 aliphatic heterocycles. The summed E-state index contributed by atoms with van der Waals surface area (Å²) in [5.41, 5.74) is 0.419. The molecule has 3 aromatic rings. The van der Waals surface area contributed by atoms with Crippen molar-refractivity contribution in [2.75, 3.05) is 6.67 Å². The van der Waals surface area contributed by atoms with Gasteiger partial charge in [0.1, 0.15) is 25.4 Å². The van der Waals surface area contributed by atoms with E-state index in [9.17, 15) is 9.18 Å².